The van der Waals surface area contributed by atoms with Crippen molar-refractivity contribution < 1.29 is 5.21 Å². The predicted octanol–water partition coefficient (Wildman–Crippen LogP) is 1.39. The largest absolute Gasteiger partial charge is 0.409 e. The lowest BCUT2D eigenvalue weighted by molar-refractivity contribution is 0.318. The predicted molar refractivity (Wildman–Crippen MR) is 105 cm³/mol. The Morgan fingerprint density at radius 2 is 1.29 bits per heavy atom. The number of fused-ring (bicyclic) bond motifs is 2. The first-order valence-electron chi connectivity index (χ1n) is 7.96. The van der Waals surface area contributed by atoms with Crippen LogP contribution in [0.15, 0.2) is 53.7 Å². The molecule has 0 saturated heterocycles. The summed E-state index contributed by atoms with van der Waals surface area (Å²) in [4.78, 5) is 16.3. The van der Waals surface area contributed by atoms with Crippen molar-refractivity contribution in [2.24, 2.45) is 10.9 Å². The van der Waals surface area contributed by atoms with E-state index in [0.717, 1.165) is 0 Å². The number of hydrogen-bond donors (Lipinski definition) is 4. The molecule has 10 heteroatoms. The van der Waals surface area contributed by atoms with E-state index in [2.05, 4.69) is 25.1 Å². The van der Waals surface area contributed by atoms with E-state index in [4.69, 9.17) is 27.7 Å². The lowest BCUT2D eigenvalue weighted by Crippen LogP contribution is -2.18. The maximum Gasteiger partial charge on any atom is 0.192 e. The molecule has 2 aromatic carbocycles. The summed E-state index contributed by atoms with van der Waals surface area (Å²) in [6.45, 7) is 0. The zero-order valence-electron chi connectivity index (χ0n) is 14.5. The Morgan fingerprint density at radius 1 is 0.821 bits per heavy atom. The van der Waals surface area contributed by atoms with Crippen molar-refractivity contribution in [2.45, 2.75) is 0 Å². The molecule has 138 valence electrons. The Balaban J connectivity index is 0.000000162. The SMILES string of the molecule is N#Cc1nc2ccccc2nc1N.N/C(=N\O)c1nc2ccccc2nc1N. The summed E-state index contributed by atoms with van der Waals surface area (Å²) in [7, 11) is 0. The van der Waals surface area contributed by atoms with E-state index in [-0.39, 0.29) is 28.9 Å². The van der Waals surface area contributed by atoms with Crippen molar-refractivity contribution in [3.05, 3.63) is 59.9 Å². The number of nitriles is 1. The Hall–Kier alpha value is -4.52. The van der Waals surface area contributed by atoms with Gasteiger partial charge >= 0.3 is 0 Å². The van der Waals surface area contributed by atoms with Crippen molar-refractivity contribution in [1.82, 2.24) is 19.9 Å². The molecule has 0 aliphatic rings. The van der Waals surface area contributed by atoms with Gasteiger partial charge in [0.2, 0.25) is 0 Å². The van der Waals surface area contributed by atoms with Gasteiger partial charge < -0.3 is 22.4 Å². The van der Waals surface area contributed by atoms with E-state index in [1.807, 2.05) is 30.3 Å². The van der Waals surface area contributed by atoms with Crippen LogP contribution in [0.4, 0.5) is 11.6 Å². The van der Waals surface area contributed by atoms with Gasteiger partial charge in [-0.1, -0.05) is 29.4 Å². The van der Waals surface area contributed by atoms with Crippen LogP contribution in [0.1, 0.15) is 11.4 Å². The summed E-state index contributed by atoms with van der Waals surface area (Å²) >= 11 is 0. The van der Waals surface area contributed by atoms with Gasteiger partial charge in [-0.15, -0.1) is 0 Å². The minimum absolute atomic E-state index is 0.143. The maximum absolute atomic E-state index is 8.65. The maximum atomic E-state index is 8.65. The first kappa shape index (κ1) is 18.3. The number of anilines is 2. The van der Waals surface area contributed by atoms with Crippen molar-refractivity contribution in [2.75, 3.05) is 11.5 Å². The van der Waals surface area contributed by atoms with Gasteiger partial charge in [-0.05, 0) is 24.3 Å². The molecule has 7 N–H and O–H groups in total. The molecule has 0 bridgehead atoms. The molecule has 4 rings (SSSR count). The monoisotopic (exact) mass is 373 g/mol. The first-order valence-corrected chi connectivity index (χ1v) is 7.96. The molecule has 0 unspecified atom stereocenters. The summed E-state index contributed by atoms with van der Waals surface area (Å²) in [6, 6.07) is 16.4. The highest BCUT2D eigenvalue weighted by Gasteiger charge is 2.09. The summed E-state index contributed by atoms with van der Waals surface area (Å²) in [5.74, 6) is 0.177. The average molecular weight is 373 g/mol. The van der Waals surface area contributed by atoms with Gasteiger partial charge in [-0.2, -0.15) is 5.26 Å². The fourth-order valence-corrected chi connectivity index (χ4v) is 2.35. The van der Waals surface area contributed by atoms with Crippen molar-refractivity contribution in [3.63, 3.8) is 0 Å². The van der Waals surface area contributed by atoms with Crippen LogP contribution in [0.25, 0.3) is 22.1 Å². The fourth-order valence-electron chi connectivity index (χ4n) is 2.35. The van der Waals surface area contributed by atoms with Gasteiger partial charge in [-0.3, -0.25) is 0 Å². The number of benzene rings is 2. The molecule has 0 aliphatic heterocycles. The minimum atomic E-state index is -0.147. The number of nitrogens with zero attached hydrogens (tertiary/aromatic N) is 6. The molecule has 0 spiro atoms. The number of hydrogen-bond acceptors (Lipinski definition) is 9. The second-order valence-corrected chi connectivity index (χ2v) is 5.49. The van der Waals surface area contributed by atoms with Crippen molar-refractivity contribution in [3.8, 4) is 6.07 Å². The zero-order chi connectivity index (χ0) is 20.1. The fraction of sp³-hybridized carbons (Fsp3) is 0. The van der Waals surface area contributed by atoms with Gasteiger partial charge in [0.05, 0.1) is 22.1 Å². The van der Waals surface area contributed by atoms with Crippen LogP contribution >= 0.6 is 0 Å². The molecule has 2 heterocycles. The molecule has 0 amide bonds. The summed E-state index contributed by atoms with van der Waals surface area (Å²) < 4.78 is 0. The van der Waals surface area contributed by atoms with Gasteiger partial charge in [0.15, 0.2) is 28.9 Å². The average Bonchev–Trinajstić information content (AvgIpc) is 2.72. The Morgan fingerprint density at radius 3 is 1.79 bits per heavy atom. The molecule has 0 atom stereocenters. The van der Waals surface area contributed by atoms with Crippen LogP contribution < -0.4 is 17.2 Å². The number of para-hydroxylation sites is 4. The highest BCUT2D eigenvalue weighted by Crippen LogP contribution is 2.14. The molecular weight excluding hydrogens is 358 g/mol. The third-order valence-corrected chi connectivity index (χ3v) is 3.65. The highest BCUT2D eigenvalue weighted by atomic mass is 16.4. The molecule has 0 radical (unpaired) electrons. The molecular formula is C18H15N9O. The van der Waals surface area contributed by atoms with Gasteiger partial charge in [-0.25, -0.2) is 19.9 Å². The topological polar surface area (TPSA) is 186 Å². The van der Waals surface area contributed by atoms with Crippen molar-refractivity contribution >= 4 is 39.5 Å². The van der Waals surface area contributed by atoms with E-state index < -0.39 is 0 Å². The van der Waals surface area contributed by atoms with E-state index in [9.17, 15) is 0 Å². The number of rotatable bonds is 1. The normalized spacial score (nSPS) is 10.9. The molecule has 0 fully saturated rings. The smallest absolute Gasteiger partial charge is 0.192 e. The standard InChI is InChI=1S/C9H9N5O.C9H6N4/c10-8-7(9(11)14-15)12-5-3-1-2-4-6(5)13-8;10-5-8-9(11)13-7-4-2-1-3-6(7)12-8/h1-4,15H,(H2,10,13)(H2,11,14);1-4H,(H2,11,13). The summed E-state index contributed by atoms with van der Waals surface area (Å²) in [6.07, 6.45) is 0. The molecule has 4 aromatic rings. The molecule has 10 nitrogen and oxygen atoms in total. The second kappa shape index (κ2) is 7.79. The second-order valence-electron chi connectivity index (χ2n) is 5.49. The van der Waals surface area contributed by atoms with Crippen LogP contribution in [-0.2, 0) is 0 Å². The minimum Gasteiger partial charge on any atom is -0.409 e. The number of nitrogens with two attached hydrogens (primary N) is 3. The van der Waals surface area contributed by atoms with Crippen LogP contribution in [0, 0.1) is 11.3 Å². The zero-order valence-corrected chi connectivity index (χ0v) is 14.5. The summed E-state index contributed by atoms with van der Waals surface area (Å²) in [5.41, 5.74) is 19.6. The number of nitrogen functional groups attached to an aromatic ring is 2. The quantitative estimate of drug-likeness (QED) is 0.165. The number of oxime groups is 1. The molecule has 2 aromatic heterocycles. The number of aromatic nitrogens is 4. The lowest BCUT2D eigenvalue weighted by Gasteiger charge is -2.03. The lowest BCUT2D eigenvalue weighted by atomic mass is 10.3. The van der Waals surface area contributed by atoms with E-state index in [1.165, 1.54) is 0 Å². The van der Waals surface area contributed by atoms with Gasteiger partial charge in [0.25, 0.3) is 0 Å². The highest BCUT2D eigenvalue weighted by molar-refractivity contribution is 6.00. The molecule has 0 saturated carbocycles. The van der Waals surface area contributed by atoms with E-state index in [0.29, 0.717) is 22.1 Å². The van der Waals surface area contributed by atoms with Crippen LogP contribution in [0.5, 0.6) is 0 Å². The van der Waals surface area contributed by atoms with Gasteiger partial charge in [0.1, 0.15) is 6.07 Å². The first-order chi connectivity index (χ1) is 13.5. The molecule has 28 heavy (non-hydrogen) atoms. The Kier molecular flexibility index (Phi) is 5.09. The van der Waals surface area contributed by atoms with Crippen molar-refractivity contribution in [1.29, 1.82) is 5.26 Å². The van der Waals surface area contributed by atoms with Crippen LogP contribution in [-0.4, -0.2) is 31.0 Å². The third kappa shape index (κ3) is 3.68. The van der Waals surface area contributed by atoms with Crippen LogP contribution in [0.2, 0.25) is 0 Å². The third-order valence-electron chi connectivity index (χ3n) is 3.65. The summed E-state index contributed by atoms with van der Waals surface area (Å²) in [5, 5.41) is 20.0. The van der Waals surface area contributed by atoms with Gasteiger partial charge in [0, 0.05) is 0 Å². The molecule has 0 aliphatic carbocycles. The Labute approximate surface area is 159 Å². The van der Waals surface area contributed by atoms with E-state index >= 15 is 0 Å². The van der Waals surface area contributed by atoms with Crippen LogP contribution in [0.3, 0.4) is 0 Å². The van der Waals surface area contributed by atoms with E-state index in [1.54, 1.807) is 24.3 Å². The Bertz CT molecular complexity index is 1230. The number of amidine groups is 1.